The van der Waals surface area contributed by atoms with Crippen molar-refractivity contribution in [3.63, 3.8) is 0 Å². The maximum atomic E-state index is 10.9. The molecule has 0 unspecified atom stereocenters. The second-order valence-corrected chi connectivity index (χ2v) is 10.5. The van der Waals surface area contributed by atoms with Crippen molar-refractivity contribution < 1.29 is 23.7 Å². The van der Waals surface area contributed by atoms with Crippen molar-refractivity contribution in [2.45, 2.75) is 56.5 Å². The van der Waals surface area contributed by atoms with Crippen LogP contribution in [0.3, 0.4) is 0 Å². The summed E-state index contributed by atoms with van der Waals surface area (Å²) >= 11 is 6.52. The summed E-state index contributed by atoms with van der Waals surface area (Å²) in [7, 11) is 5.44. The van der Waals surface area contributed by atoms with Crippen LogP contribution in [0, 0.1) is 0 Å². The van der Waals surface area contributed by atoms with E-state index >= 15 is 0 Å². The quantitative estimate of drug-likeness (QED) is 0.306. The molecule has 0 bridgehead atoms. The van der Waals surface area contributed by atoms with E-state index in [2.05, 4.69) is 34.8 Å². The minimum absolute atomic E-state index is 0.00390. The number of carbonyl (C=O) groups is 1. The average Bonchev–Trinajstić information content (AvgIpc) is 3.38. The van der Waals surface area contributed by atoms with E-state index in [4.69, 9.17) is 30.5 Å². The lowest BCUT2D eigenvalue weighted by Gasteiger charge is -2.35. The van der Waals surface area contributed by atoms with Gasteiger partial charge < -0.3 is 28.4 Å². The normalized spacial score (nSPS) is 22.8. The van der Waals surface area contributed by atoms with Gasteiger partial charge in [-0.1, -0.05) is 23.7 Å². The smallest absolute Gasteiger partial charge is 0.293 e. The summed E-state index contributed by atoms with van der Waals surface area (Å²) in [6.07, 6.45) is 6.25. The Morgan fingerprint density at radius 3 is 2.76 bits per heavy atom. The fourth-order valence-electron chi connectivity index (χ4n) is 5.94. The number of nitrogens with zero attached hydrogens (tertiary/aromatic N) is 2. The molecule has 202 valence electrons. The van der Waals surface area contributed by atoms with Crippen LogP contribution in [0.1, 0.15) is 61.1 Å². The Bertz CT molecular complexity index is 1260. The van der Waals surface area contributed by atoms with Gasteiger partial charge in [-0.15, -0.1) is 0 Å². The number of carbonyl (C=O) groups excluding carboxylic acids is 1. The number of ether oxygens (including phenoxy) is 4. The van der Waals surface area contributed by atoms with Crippen LogP contribution >= 0.6 is 11.6 Å². The zero-order valence-electron chi connectivity index (χ0n) is 22.1. The molecule has 2 aliphatic rings. The zero-order valence-corrected chi connectivity index (χ0v) is 22.9. The van der Waals surface area contributed by atoms with Crippen LogP contribution in [0.25, 0.3) is 5.69 Å². The molecular weight excluding hydrogens is 504 g/mol. The maximum Gasteiger partial charge on any atom is 0.293 e. The number of rotatable bonds is 9. The van der Waals surface area contributed by atoms with E-state index in [9.17, 15) is 4.79 Å². The van der Waals surface area contributed by atoms with Gasteiger partial charge in [0.25, 0.3) is 6.47 Å². The maximum absolute atomic E-state index is 10.9. The highest BCUT2D eigenvalue weighted by Gasteiger charge is 2.33. The molecule has 2 heterocycles. The second-order valence-electron chi connectivity index (χ2n) is 10.0. The van der Waals surface area contributed by atoms with E-state index in [0.717, 1.165) is 61.2 Å². The van der Waals surface area contributed by atoms with E-state index in [-0.39, 0.29) is 12.2 Å². The van der Waals surface area contributed by atoms with Gasteiger partial charge in [0.1, 0.15) is 18.3 Å². The first kappa shape index (κ1) is 26.6. The number of benzene rings is 2. The number of halogens is 1. The number of aromatic nitrogens is 1. The molecule has 3 aromatic rings. The molecule has 8 heteroatoms. The van der Waals surface area contributed by atoms with Crippen molar-refractivity contribution in [1.29, 1.82) is 0 Å². The standard InChI is InChI=1S/C30H35ClN2O5/c1-32(21-7-4-8-22(18-21)37-19-34)16-14-27-26-10-6-15-33(26)25-13-12-20(31)17-24(25)29(38-27)23-9-5-11-28(35-2)30(23)36-3/h5-6,9-13,15,17,19,21-22,27,29H,4,7-8,14,16,18H2,1-3H3/t21-,22+,27-,29-/m1/s1. The summed E-state index contributed by atoms with van der Waals surface area (Å²) in [6, 6.07) is 16.4. The molecule has 5 rings (SSSR count). The molecule has 1 fully saturated rings. The Morgan fingerprint density at radius 2 is 1.97 bits per heavy atom. The molecule has 1 saturated carbocycles. The summed E-state index contributed by atoms with van der Waals surface area (Å²) in [4.78, 5) is 13.3. The summed E-state index contributed by atoms with van der Waals surface area (Å²) in [5.41, 5.74) is 3.98. The summed E-state index contributed by atoms with van der Waals surface area (Å²) in [5.74, 6) is 1.30. The molecule has 2 aromatic carbocycles. The molecule has 0 N–H and O–H groups in total. The van der Waals surface area contributed by atoms with Gasteiger partial charge in [0, 0.05) is 34.9 Å². The molecule has 0 amide bonds. The highest BCUT2D eigenvalue weighted by Crippen LogP contribution is 2.46. The Balaban J connectivity index is 1.47. The van der Waals surface area contributed by atoms with Gasteiger partial charge in [-0.3, -0.25) is 4.79 Å². The van der Waals surface area contributed by atoms with Gasteiger partial charge in [0.2, 0.25) is 0 Å². The molecule has 0 saturated heterocycles. The average molecular weight is 539 g/mol. The topological polar surface area (TPSA) is 62.2 Å². The van der Waals surface area contributed by atoms with Crippen LogP contribution in [0.2, 0.25) is 5.02 Å². The van der Waals surface area contributed by atoms with Gasteiger partial charge in [0.15, 0.2) is 11.5 Å². The molecule has 1 aliphatic carbocycles. The minimum atomic E-state index is -0.413. The molecule has 7 nitrogen and oxygen atoms in total. The van der Waals surface area contributed by atoms with Crippen LogP contribution in [0.15, 0.2) is 54.7 Å². The first-order valence-corrected chi connectivity index (χ1v) is 13.5. The lowest BCUT2D eigenvalue weighted by atomic mass is 9.91. The predicted octanol–water partition coefficient (Wildman–Crippen LogP) is 6.11. The van der Waals surface area contributed by atoms with Crippen LogP contribution in [0.5, 0.6) is 11.5 Å². The third-order valence-corrected chi connectivity index (χ3v) is 8.11. The lowest BCUT2D eigenvalue weighted by molar-refractivity contribution is -0.135. The number of para-hydroxylation sites is 1. The Morgan fingerprint density at radius 1 is 1.11 bits per heavy atom. The van der Waals surface area contributed by atoms with Gasteiger partial charge in [-0.2, -0.15) is 0 Å². The minimum Gasteiger partial charge on any atom is -0.493 e. The Labute approximate surface area is 229 Å². The molecule has 38 heavy (non-hydrogen) atoms. The molecule has 4 atom stereocenters. The fourth-order valence-corrected chi connectivity index (χ4v) is 6.12. The number of hydrogen-bond donors (Lipinski definition) is 0. The first-order chi connectivity index (χ1) is 18.5. The van der Waals surface area contributed by atoms with E-state index in [0.29, 0.717) is 29.0 Å². The largest absolute Gasteiger partial charge is 0.493 e. The van der Waals surface area contributed by atoms with Gasteiger partial charge in [-0.25, -0.2) is 0 Å². The van der Waals surface area contributed by atoms with E-state index in [1.165, 1.54) is 0 Å². The summed E-state index contributed by atoms with van der Waals surface area (Å²) in [5, 5.41) is 0.649. The number of methoxy groups -OCH3 is 2. The van der Waals surface area contributed by atoms with Crippen LogP contribution in [-0.4, -0.2) is 55.9 Å². The first-order valence-electron chi connectivity index (χ1n) is 13.2. The van der Waals surface area contributed by atoms with E-state index in [1.54, 1.807) is 14.2 Å². The second kappa shape index (κ2) is 11.8. The van der Waals surface area contributed by atoms with Crippen molar-refractivity contribution in [3.8, 4) is 17.2 Å². The van der Waals surface area contributed by atoms with Gasteiger partial charge in [-0.05, 0) is 75.5 Å². The van der Waals surface area contributed by atoms with Crippen LogP contribution in [-0.2, 0) is 14.3 Å². The third-order valence-electron chi connectivity index (χ3n) is 7.87. The van der Waals surface area contributed by atoms with Crippen molar-refractivity contribution in [3.05, 3.63) is 76.6 Å². The summed E-state index contributed by atoms with van der Waals surface area (Å²) in [6.45, 7) is 1.42. The number of fused-ring (bicyclic) bond motifs is 3. The highest BCUT2D eigenvalue weighted by molar-refractivity contribution is 6.30. The lowest BCUT2D eigenvalue weighted by Crippen LogP contribution is -2.39. The SMILES string of the molecule is COc1cccc([C@H]2O[C@H](CCN(C)[C@@H]3CCC[C@H](OC=O)C3)c3cccn3-c3ccc(Cl)cc32)c1OC. The Kier molecular flexibility index (Phi) is 8.27. The van der Waals surface area contributed by atoms with Gasteiger partial charge in [0.05, 0.1) is 25.6 Å². The van der Waals surface area contributed by atoms with Crippen LogP contribution in [0.4, 0.5) is 0 Å². The fraction of sp³-hybridized carbons (Fsp3) is 0.433. The van der Waals surface area contributed by atoms with E-state index < -0.39 is 6.10 Å². The third kappa shape index (κ3) is 5.28. The summed E-state index contributed by atoms with van der Waals surface area (Å²) < 4.78 is 25.9. The van der Waals surface area contributed by atoms with Crippen molar-refractivity contribution in [1.82, 2.24) is 9.47 Å². The molecule has 1 aliphatic heterocycles. The predicted molar refractivity (Wildman–Crippen MR) is 146 cm³/mol. The van der Waals surface area contributed by atoms with Crippen molar-refractivity contribution >= 4 is 18.1 Å². The molecule has 0 spiro atoms. The van der Waals surface area contributed by atoms with Gasteiger partial charge >= 0.3 is 0 Å². The van der Waals surface area contributed by atoms with E-state index in [1.807, 2.05) is 36.4 Å². The number of hydrogen-bond acceptors (Lipinski definition) is 6. The van der Waals surface area contributed by atoms with Crippen molar-refractivity contribution in [2.75, 3.05) is 27.8 Å². The zero-order chi connectivity index (χ0) is 26.6. The molecular formula is C30H35ClN2O5. The molecule has 1 aromatic heterocycles. The highest BCUT2D eigenvalue weighted by atomic mass is 35.5. The Hall–Kier alpha value is -3.00. The van der Waals surface area contributed by atoms with Crippen LogP contribution < -0.4 is 9.47 Å². The van der Waals surface area contributed by atoms with Crippen molar-refractivity contribution in [2.24, 2.45) is 0 Å². The molecule has 0 radical (unpaired) electrons. The monoisotopic (exact) mass is 538 g/mol.